The molecule has 0 heterocycles. The van der Waals surface area contributed by atoms with E-state index < -0.39 is 5.97 Å². The molecule has 0 aliphatic carbocycles. The van der Waals surface area contributed by atoms with Crippen molar-refractivity contribution in [3.05, 3.63) is 35.4 Å². The van der Waals surface area contributed by atoms with E-state index in [0.29, 0.717) is 5.56 Å². The van der Waals surface area contributed by atoms with Gasteiger partial charge in [0.05, 0.1) is 13.1 Å². The Kier molecular flexibility index (Phi) is 9.73. The molecule has 0 aromatic heterocycles. The van der Waals surface area contributed by atoms with E-state index in [-0.39, 0.29) is 62.5 Å². The van der Waals surface area contributed by atoms with Gasteiger partial charge in [0.15, 0.2) is 0 Å². The van der Waals surface area contributed by atoms with Crippen molar-refractivity contribution >= 4 is 29.6 Å². The minimum atomic E-state index is -0.972. The van der Waals surface area contributed by atoms with E-state index in [2.05, 4.69) is 21.3 Å². The van der Waals surface area contributed by atoms with Crippen LogP contribution in [0.25, 0.3) is 0 Å². The third-order valence-corrected chi connectivity index (χ3v) is 3.63. The van der Waals surface area contributed by atoms with Gasteiger partial charge >= 0.3 is 5.97 Å². The molecule has 10 heteroatoms. The minimum absolute atomic E-state index is 0.0447. The maximum atomic E-state index is 11.9. The topological polar surface area (TPSA) is 154 Å². The Morgan fingerprint density at radius 2 is 1.46 bits per heavy atom. The molecule has 0 unspecified atom stereocenters. The Morgan fingerprint density at radius 3 is 2.07 bits per heavy atom. The van der Waals surface area contributed by atoms with Gasteiger partial charge in [-0.15, -0.1) is 0 Å². The molecule has 0 bridgehead atoms. The molecule has 5 N–H and O–H groups in total. The van der Waals surface area contributed by atoms with Gasteiger partial charge in [-0.25, -0.2) is 0 Å². The Morgan fingerprint density at radius 1 is 0.821 bits per heavy atom. The van der Waals surface area contributed by atoms with Crippen LogP contribution in [0.1, 0.15) is 35.2 Å². The molecule has 28 heavy (non-hydrogen) atoms. The smallest absolute Gasteiger partial charge is 0.303 e. The van der Waals surface area contributed by atoms with Crippen molar-refractivity contribution in [1.82, 2.24) is 21.3 Å². The number of hydrogen-bond donors (Lipinski definition) is 5. The first kappa shape index (κ1) is 22.6. The number of rotatable bonds is 11. The van der Waals surface area contributed by atoms with E-state index in [0.717, 1.165) is 5.56 Å². The number of amides is 4. The molecule has 4 amide bonds. The van der Waals surface area contributed by atoms with E-state index in [1.54, 1.807) is 24.3 Å². The minimum Gasteiger partial charge on any atom is -0.481 e. The van der Waals surface area contributed by atoms with Crippen molar-refractivity contribution in [2.24, 2.45) is 0 Å². The van der Waals surface area contributed by atoms with Crippen molar-refractivity contribution in [3.63, 3.8) is 0 Å². The first-order chi connectivity index (χ1) is 13.3. The lowest BCUT2D eigenvalue weighted by Gasteiger charge is -2.08. The van der Waals surface area contributed by atoms with Crippen LogP contribution in [0.5, 0.6) is 0 Å². The molecule has 0 atom stereocenters. The van der Waals surface area contributed by atoms with Gasteiger partial charge in [-0.1, -0.05) is 12.1 Å². The van der Waals surface area contributed by atoms with Crippen LogP contribution < -0.4 is 21.3 Å². The summed E-state index contributed by atoms with van der Waals surface area (Å²) >= 11 is 0. The standard InChI is InChI=1S/C18H24N4O6/c1-19-15(24)10-22-18(28)13-7-5-12(6-8-13)9-20-16(25)11-21-14(23)3-2-4-17(26)27/h5-8H,2-4,9-11H2,1H3,(H,19,24)(H,20,25)(H,21,23)(H,22,28)(H,26,27). The number of hydrogen-bond acceptors (Lipinski definition) is 5. The maximum absolute atomic E-state index is 11.9. The highest BCUT2D eigenvalue weighted by Gasteiger charge is 2.09. The number of carboxylic acids is 1. The van der Waals surface area contributed by atoms with Gasteiger partial charge in [0, 0.05) is 32.0 Å². The highest BCUT2D eigenvalue weighted by atomic mass is 16.4. The lowest BCUT2D eigenvalue weighted by molar-refractivity contribution is -0.137. The lowest BCUT2D eigenvalue weighted by Crippen LogP contribution is -2.36. The molecule has 0 aliphatic heterocycles. The summed E-state index contributed by atoms with van der Waals surface area (Å²) in [5.41, 5.74) is 1.14. The van der Waals surface area contributed by atoms with Crippen molar-refractivity contribution < 1.29 is 29.1 Å². The fourth-order valence-electron chi connectivity index (χ4n) is 2.06. The van der Waals surface area contributed by atoms with E-state index in [9.17, 15) is 24.0 Å². The van der Waals surface area contributed by atoms with Crippen LogP contribution >= 0.6 is 0 Å². The van der Waals surface area contributed by atoms with E-state index in [1.807, 2.05) is 0 Å². The van der Waals surface area contributed by atoms with E-state index in [1.165, 1.54) is 7.05 Å². The number of benzene rings is 1. The molecule has 0 fully saturated rings. The van der Waals surface area contributed by atoms with Crippen LogP contribution in [0.3, 0.4) is 0 Å². The van der Waals surface area contributed by atoms with Crippen LogP contribution in [0.15, 0.2) is 24.3 Å². The molecule has 0 spiro atoms. The monoisotopic (exact) mass is 392 g/mol. The van der Waals surface area contributed by atoms with Crippen LogP contribution in [0.2, 0.25) is 0 Å². The predicted octanol–water partition coefficient (Wildman–Crippen LogP) is -0.850. The molecule has 1 aromatic rings. The molecule has 1 aromatic carbocycles. The molecule has 0 aliphatic rings. The van der Waals surface area contributed by atoms with Crippen LogP contribution in [0, 0.1) is 0 Å². The molecule has 10 nitrogen and oxygen atoms in total. The number of carbonyl (C=O) groups is 5. The second kappa shape index (κ2) is 12.0. The van der Waals surface area contributed by atoms with Crippen molar-refractivity contribution in [2.45, 2.75) is 25.8 Å². The summed E-state index contributed by atoms with van der Waals surface area (Å²) in [5.74, 6) is -2.44. The highest BCUT2D eigenvalue weighted by molar-refractivity contribution is 5.96. The lowest BCUT2D eigenvalue weighted by atomic mass is 10.1. The zero-order valence-electron chi connectivity index (χ0n) is 15.5. The average Bonchev–Trinajstić information content (AvgIpc) is 2.68. The molecule has 0 saturated carbocycles. The third kappa shape index (κ3) is 9.32. The van der Waals surface area contributed by atoms with Crippen molar-refractivity contribution in [2.75, 3.05) is 20.1 Å². The second-order valence-corrected chi connectivity index (χ2v) is 5.85. The van der Waals surface area contributed by atoms with Crippen LogP contribution in [-0.4, -0.2) is 54.8 Å². The zero-order chi connectivity index (χ0) is 20.9. The Hall–Kier alpha value is -3.43. The van der Waals surface area contributed by atoms with Crippen LogP contribution in [-0.2, 0) is 25.7 Å². The first-order valence-electron chi connectivity index (χ1n) is 8.64. The zero-order valence-corrected chi connectivity index (χ0v) is 15.5. The molecular formula is C18H24N4O6. The van der Waals surface area contributed by atoms with Crippen molar-refractivity contribution in [3.8, 4) is 0 Å². The Balaban J connectivity index is 2.31. The SMILES string of the molecule is CNC(=O)CNC(=O)c1ccc(CNC(=O)CNC(=O)CCCC(=O)O)cc1. The summed E-state index contributed by atoms with van der Waals surface area (Å²) in [6, 6.07) is 6.48. The summed E-state index contributed by atoms with van der Waals surface area (Å²) in [5, 5.41) is 18.4. The fourth-order valence-corrected chi connectivity index (χ4v) is 2.06. The molecule has 0 radical (unpaired) electrons. The maximum Gasteiger partial charge on any atom is 0.303 e. The largest absolute Gasteiger partial charge is 0.481 e. The Labute approximate surface area is 162 Å². The number of nitrogens with one attached hydrogen (secondary N) is 4. The molecule has 152 valence electrons. The van der Waals surface area contributed by atoms with Crippen LogP contribution in [0.4, 0.5) is 0 Å². The third-order valence-electron chi connectivity index (χ3n) is 3.63. The molecule has 0 saturated heterocycles. The second-order valence-electron chi connectivity index (χ2n) is 5.85. The summed E-state index contributed by atoms with van der Waals surface area (Å²) in [6.45, 7) is -0.102. The van der Waals surface area contributed by atoms with Gasteiger partial charge in [0.1, 0.15) is 0 Å². The molecular weight excluding hydrogens is 368 g/mol. The highest BCUT2D eigenvalue weighted by Crippen LogP contribution is 2.04. The van der Waals surface area contributed by atoms with E-state index in [4.69, 9.17) is 5.11 Å². The van der Waals surface area contributed by atoms with Gasteiger partial charge in [-0.3, -0.25) is 24.0 Å². The number of carboxylic acid groups (broad SMARTS) is 1. The van der Waals surface area contributed by atoms with Gasteiger partial charge in [-0.05, 0) is 24.1 Å². The van der Waals surface area contributed by atoms with E-state index >= 15 is 0 Å². The summed E-state index contributed by atoms with van der Waals surface area (Å²) in [7, 11) is 1.47. The Bertz CT molecular complexity index is 717. The fraction of sp³-hybridized carbons (Fsp3) is 0.389. The number of carbonyl (C=O) groups excluding carboxylic acids is 4. The summed E-state index contributed by atoms with van der Waals surface area (Å²) in [4.78, 5) is 56.5. The first-order valence-corrected chi connectivity index (χ1v) is 8.64. The summed E-state index contributed by atoms with van der Waals surface area (Å²) < 4.78 is 0. The summed E-state index contributed by atoms with van der Waals surface area (Å²) in [6.07, 6.45) is 0.161. The number of likely N-dealkylation sites (N-methyl/N-ethyl adjacent to an activating group) is 1. The predicted molar refractivity (Wildman–Crippen MR) is 99.2 cm³/mol. The van der Waals surface area contributed by atoms with Crippen molar-refractivity contribution in [1.29, 1.82) is 0 Å². The number of aliphatic carboxylic acids is 1. The quantitative estimate of drug-likeness (QED) is 0.331. The normalized spacial score (nSPS) is 9.89. The molecule has 1 rings (SSSR count). The van der Waals surface area contributed by atoms with Gasteiger partial charge in [-0.2, -0.15) is 0 Å². The van der Waals surface area contributed by atoms with Gasteiger partial charge < -0.3 is 26.4 Å². The van der Waals surface area contributed by atoms with Gasteiger partial charge in [0.25, 0.3) is 5.91 Å². The average molecular weight is 392 g/mol. The van der Waals surface area contributed by atoms with Gasteiger partial charge in [0.2, 0.25) is 17.7 Å².